The van der Waals surface area contributed by atoms with Crippen molar-refractivity contribution < 1.29 is 27.9 Å². The molecule has 32 heavy (non-hydrogen) atoms. The van der Waals surface area contributed by atoms with Crippen molar-refractivity contribution in [1.29, 1.82) is 0 Å². The van der Waals surface area contributed by atoms with Crippen LogP contribution in [-0.4, -0.2) is 47.9 Å². The summed E-state index contributed by atoms with van der Waals surface area (Å²) in [5, 5.41) is 13.4. The number of halogens is 4. The number of hydrogen-bond donors (Lipinski definition) is 1. The highest BCUT2D eigenvalue weighted by atomic mass is 35.5. The number of aliphatic carboxylic acids is 1. The van der Waals surface area contributed by atoms with Crippen LogP contribution in [0.5, 0.6) is 0 Å². The first-order chi connectivity index (χ1) is 14.8. The Morgan fingerprint density at radius 3 is 2.66 bits per heavy atom. The van der Waals surface area contributed by atoms with Crippen LogP contribution in [0.2, 0.25) is 0 Å². The average molecular weight is 471 g/mol. The van der Waals surface area contributed by atoms with E-state index in [1.54, 1.807) is 18.2 Å². The van der Waals surface area contributed by atoms with Crippen LogP contribution in [0.25, 0.3) is 0 Å². The van der Waals surface area contributed by atoms with Gasteiger partial charge >= 0.3 is 12.1 Å². The maximum atomic E-state index is 13.2. The van der Waals surface area contributed by atoms with Gasteiger partial charge in [0.2, 0.25) is 0 Å². The van der Waals surface area contributed by atoms with Crippen molar-refractivity contribution in [2.75, 3.05) is 26.2 Å². The van der Waals surface area contributed by atoms with Crippen molar-refractivity contribution in [1.82, 2.24) is 4.90 Å². The first-order valence-electron chi connectivity index (χ1n) is 10.1. The molecule has 1 saturated heterocycles. The highest BCUT2D eigenvalue weighted by Crippen LogP contribution is 2.30. The van der Waals surface area contributed by atoms with Crippen molar-refractivity contribution in [2.24, 2.45) is 11.1 Å². The summed E-state index contributed by atoms with van der Waals surface area (Å²) < 4.78 is 39.6. The molecule has 0 amide bonds. The third-order valence-electron chi connectivity index (χ3n) is 5.37. The number of benzene rings is 2. The van der Waals surface area contributed by atoms with Gasteiger partial charge in [-0.05, 0) is 44.0 Å². The molecule has 1 fully saturated rings. The zero-order valence-corrected chi connectivity index (χ0v) is 18.5. The minimum absolute atomic E-state index is 0. The molecule has 2 aromatic carbocycles. The number of carboxylic acid groups (broad SMARTS) is 1. The molecular formula is C23H26ClF3N2O3. The van der Waals surface area contributed by atoms with Crippen LogP contribution in [0.3, 0.4) is 0 Å². The minimum atomic E-state index is -4.46. The van der Waals surface area contributed by atoms with Crippen molar-refractivity contribution in [3.05, 3.63) is 70.8 Å². The van der Waals surface area contributed by atoms with Crippen LogP contribution >= 0.6 is 12.4 Å². The van der Waals surface area contributed by atoms with E-state index in [-0.39, 0.29) is 24.9 Å². The Balaban J connectivity index is 0.00000363. The van der Waals surface area contributed by atoms with E-state index in [9.17, 15) is 23.1 Å². The summed E-state index contributed by atoms with van der Waals surface area (Å²) in [6, 6.07) is 12.3. The normalized spacial score (nSPS) is 17.5. The van der Waals surface area contributed by atoms with Crippen molar-refractivity contribution in [3.63, 3.8) is 0 Å². The summed E-state index contributed by atoms with van der Waals surface area (Å²) in [7, 11) is 0. The van der Waals surface area contributed by atoms with Crippen LogP contribution in [-0.2, 0) is 15.8 Å². The highest BCUT2D eigenvalue weighted by Gasteiger charge is 2.31. The van der Waals surface area contributed by atoms with Gasteiger partial charge in [0.15, 0.2) is 0 Å². The Morgan fingerprint density at radius 2 is 1.97 bits per heavy atom. The van der Waals surface area contributed by atoms with Gasteiger partial charge < -0.3 is 9.94 Å². The van der Waals surface area contributed by atoms with Gasteiger partial charge in [-0.2, -0.15) is 13.2 Å². The maximum Gasteiger partial charge on any atom is 0.416 e. The van der Waals surface area contributed by atoms with Gasteiger partial charge in [-0.25, -0.2) is 0 Å². The molecule has 174 valence electrons. The molecule has 9 heteroatoms. The molecule has 0 saturated carbocycles. The van der Waals surface area contributed by atoms with E-state index in [0.29, 0.717) is 36.3 Å². The van der Waals surface area contributed by atoms with E-state index in [2.05, 4.69) is 5.16 Å². The lowest BCUT2D eigenvalue weighted by Crippen LogP contribution is -2.40. The lowest BCUT2D eigenvalue weighted by molar-refractivity contribution is -0.143. The van der Waals surface area contributed by atoms with Gasteiger partial charge in [-0.15, -0.1) is 12.4 Å². The monoisotopic (exact) mass is 470 g/mol. The zero-order chi connectivity index (χ0) is 22.4. The SMILES string of the molecule is Cc1ccccc1/C(=N\OCCN1CCC[C@@H](C(=O)O)C1)c1cccc(C(F)(F)F)c1.Cl. The second kappa shape index (κ2) is 11.3. The summed E-state index contributed by atoms with van der Waals surface area (Å²) >= 11 is 0. The van der Waals surface area contributed by atoms with Crippen molar-refractivity contribution in [2.45, 2.75) is 25.9 Å². The third-order valence-corrected chi connectivity index (χ3v) is 5.37. The van der Waals surface area contributed by atoms with Crippen LogP contribution in [0.1, 0.15) is 35.1 Å². The average Bonchev–Trinajstić information content (AvgIpc) is 2.74. The smallest absolute Gasteiger partial charge is 0.416 e. The van der Waals surface area contributed by atoms with Crippen LogP contribution in [0.4, 0.5) is 13.2 Å². The Morgan fingerprint density at radius 1 is 1.22 bits per heavy atom. The zero-order valence-electron chi connectivity index (χ0n) is 17.6. The number of aryl methyl sites for hydroxylation is 1. The number of carbonyl (C=O) groups is 1. The fourth-order valence-corrected chi connectivity index (χ4v) is 3.68. The quantitative estimate of drug-likeness (QED) is 0.351. The molecule has 1 N–H and O–H groups in total. The molecule has 2 aromatic rings. The molecule has 1 aliphatic rings. The molecule has 0 unspecified atom stereocenters. The summed E-state index contributed by atoms with van der Waals surface area (Å²) in [5.74, 6) is -1.18. The van der Waals surface area contributed by atoms with Crippen molar-refractivity contribution in [3.8, 4) is 0 Å². The van der Waals surface area contributed by atoms with Crippen molar-refractivity contribution >= 4 is 24.1 Å². The third kappa shape index (κ3) is 6.71. The molecule has 3 rings (SSSR count). The van der Waals surface area contributed by atoms with Crippen LogP contribution < -0.4 is 0 Å². The van der Waals surface area contributed by atoms with Crippen LogP contribution in [0.15, 0.2) is 53.7 Å². The summed E-state index contributed by atoms with van der Waals surface area (Å²) in [4.78, 5) is 18.7. The van der Waals surface area contributed by atoms with Gasteiger partial charge in [0.05, 0.1) is 11.5 Å². The fourth-order valence-electron chi connectivity index (χ4n) is 3.68. The molecule has 1 heterocycles. The van der Waals surface area contributed by atoms with E-state index in [4.69, 9.17) is 4.84 Å². The molecule has 5 nitrogen and oxygen atoms in total. The molecule has 0 aromatic heterocycles. The highest BCUT2D eigenvalue weighted by molar-refractivity contribution is 6.13. The van der Waals surface area contributed by atoms with Gasteiger partial charge in [-0.1, -0.05) is 41.6 Å². The lowest BCUT2D eigenvalue weighted by atomic mass is 9.97. The van der Waals surface area contributed by atoms with E-state index in [1.165, 1.54) is 6.07 Å². The van der Waals surface area contributed by atoms with E-state index in [1.807, 2.05) is 24.0 Å². The Labute approximate surface area is 191 Å². The number of piperidine rings is 1. The molecular weight excluding hydrogens is 445 g/mol. The van der Waals surface area contributed by atoms with E-state index in [0.717, 1.165) is 30.7 Å². The molecule has 1 aliphatic heterocycles. The number of likely N-dealkylation sites (tertiary alicyclic amines) is 1. The number of alkyl halides is 3. The number of nitrogens with zero attached hydrogens (tertiary/aromatic N) is 2. The van der Waals surface area contributed by atoms with Gasteiger partial charge in [0.25, 0.3) is 0 Å². The Kier molecular flexibility index (Phi) is 9.09. The molecule has 0 radical (unpaired) electrons. The topological polar surface area (TPSA) is 62.1 Å². The van der Waals surface area contributed by atoms with Gasteiger partial charge in [-0.3, -0.25) is 9.69 Å². The predicted octanol–water partition coefficient (Wildman–Crippen LogP) is 5.00. The number of oxime groups is 1. The summed E-state index contributed by atoms with van der Waals surface area (Å²) in [6.07, 6.45) is -2.99. The molecule has 1 atom stereocenters. The first-order valence-corrected chi connectivity index (χ1v) is 10.1. The fraction of sp³-hybridized carbons (Fsp3) is 0.391. The largest absolute Gasteiger partial charge is 0.481 e. The van der Waals surface area contributed by atoms with Gasteiger partial charge in [0, 0.05) is 24.2 Å². The number of rotatable bonds is 7. The second-order valence-corrected chi connectivity index (χ2v) is 7.64. The Bertz CT molecular complexity index is 950. The Hall–Kier alpha value is -2.58. The van der Waals surface area contributed by atoms with Crippen LogP contribution in [0, 0.1) is 12.8 Å². The summed E-state index contributed by atoms with van der Waals surface area (Å²) in [5.41, 5.74) is 1.44. The second-order valence-electron chi connectivity index (χ2n) is 7.64. The molecule has 0 aliphatic carbocycles. The summed E-state index contributed by atoms with van der Waals surface area (Å²) in [6.45, 7) is 3.81. The number of carboxylic acids is 1. The van der Waals surface area contributed by atoms with Gasteiger partial charge in [0.1, 0.15) is 12.3 Å². The number of hydrogen-bond acceptors (Lipinski definition) is 4. The predicted molar refractivity (Wildman–Crippen MR) is 118 cm³/mol. The molecule has 0 bridgehead atoms. The lowest BCUT2D eigenvalue weighted by Gasteiger charge is -2.30. The minimum Gasteiger partial charge on any atom is -0.481 e. The first kappa shape index (κ1) is 25.7. The van der Waals surface area contributed by atoms with E-state index >= 15 is 0 Å². The standard InChI is InChI=1S/C23H25F3N2O3.ClH/c1-16-6-2-3-10-20(16)21(17-7-4-9-19(14-17)23(24,25)26)27-31-13-12-28-11-5-8-18(15-28)22(29)30;/h2-4,6-7,9-10,14,18H,5,8,11-13,15H2,1H3,(H,29,30);1H/b27-21-;/t18-;/m1./s1. The molecule has 0 spiro atoms. The maximum absolute atomic E-state index is 13.2. The van der Waals surface area contributed by atoms with E-state index < -0.39 is 17.7 Å².